The van der Waals surface area contributed by atoms with Crippen LogP contribution in [0.4, 0.5) is 0 Å². The number of amidine groups is 1. The van der Waals surface area contributed by atoms with E-state index in [1.807, 2.05) is 43.4 Å². The second-order valence-electron chi connectivity index (χ2n) is 6.90. The summed E-state index contributed by atoms with van der Waals surface area (Å²) in [5, 5.41) is 9.18. The van der Waals surface area contributed by atoms with Gasteiger partial charge in [-0.2, -0.15) is 0 Å². The fourth-order valence-corrected chi connectivity index (χ4v) is 2.90. The zero-order valence-corrected chi connectivity index (χ0v) is 16.4. The van der Waals surface area contributed by atoms with Crippen LogP contribution < -0.4 is 0 Å². The Morgan fingerprint density at radius 2 is 2.15 bits per heavy atom. The van der Waals surface area contributed by atoms with Gasteiger partial charge >= 0.3 is 5.97 Å². The quantitative estimate of drug-likeness (QED) is 0.548. The molecule has 2 atom stereocenters. The van der Waals surface area contributed by atoms with Crippen molar-refractivity contribution in [2.45, 2.75) is 25.4 Å². The summed E-state index contributed by atoms with van der Waals surface area (Å²) >= 11 is 0. The number of ether oxygens (including phenoxy) is 2. The predicted octanol–water partition coefficient (Wildman–Crippen LogP) is 3.31. The van der Waals surface area contributed by atoms with Gasteiger partial charge in [-0.3, -0.25) is 4.79 Å². The first kappa shape index (κ1) is 20.7. The lowest BCUT2D eigenvalue weighted by atomic mass is 9.92. The van der Waals surface area contributed by atoms with Gasteiger partial charge < -0.3 is 19.5 Å². The summed E-state index contributed by atoms with van der Waals surface area (Å²) in [6, 6.07) is 0. The molecule has 0 radical (unpaired) electrons. The number of nitrogens with zero attached hydrogens (tertiary/aromatic N) is 2. The van der Waals surface area contributed by atoms with Crippen molar-refractivity contribution in [1.82, 2.24) is 4.90 Å². The Bertz CT molecular complexity index is 745. The highest BCUT2D eigenvalue weighted by molar-refractivity contribution is 6.02. The maximum Gasteiger partial charge on any atom is 0.323 e. The molecule has 0 aromatic rings. The number of rotatable bonds is 7. The Balaban J connectivity index is 2.25. The van der Waals surface area contributed by atoms with Crippen LogP contribution in [0.15, 0.2) is 65.1 Å². The van der Waals surface area contributed by atoms with Crippen LogP contribution in [-0.4, -0.2) is 55.2 Å². The Kier molecular flexibility index (Phi) is 6.80. The lowest BCUT2D eigenvalue weighted by Crippen LogP contribution is -2.35. The Labute approximate surface area is 160 Å². The minimum absolute atomic E-state index is 0.0505. The van der Waals surface area contributed by atoms with Crippen molar-refractivity contribution in [1.29, 1.82) is 0 Å². The number of likely N-dealkylation sites (N-methyl/N-ethyl adjacent to an activating group) is 1. The van der Waals surface area contributed by atoms with E-state index in [0.717, 1.165) is 17.8 Å². The van der Waals surface area contributed by atoms with Gasteiger partial charge in [-0.25, -0.2) is 4.99 Å². The molecule has 0 bridgehead atoms. The van der Waals surface area contributed by atoms with Gasteiger partial charge in [0.25, 0.3) is 0 Å². The molecule has 146 valence electrons. The van der Waals surface area contributed by atoms with E-state index in [1.165, 1.54) is 0 Å². The number of aliphatic carboxylic acids is 1. The number of methoxy groups -OCH3 is 2. The normalized spacial score (nSPS) is 24.9. The third-order valence-corrected chi connectivity index (χ3v) is 4.78. The van der Waals surface area contributed by atoms with E-state index >= 15 is 0 Å². The van der Waals surface area contributed by atoms with E-state index in [9.17, 15) is 9.90 Å². The summed E-state index contributed by atoms with van der Waals surface area (Å²) in [6.07, 6.45) is 13.3. The molecule has 0 heterocycles. The summed E-state index contributed by atoms with van der Waals surface area (Å²) in [7, 11) is 5.03. The Morgan fingerprint density at radius 1 is 1.41 bits per heavy atom. The largest absolute Gasteiger partial charge is 0.497 e. The molecule has 0 aliphatic heterocycles. The lowest BCUT2D eigenvalue weighted by Gasteiger charge is -2.29. The van der Waals surface area contributed by atoms with Crippen LogP contribution in [-0.2, 0) is 14.3 Å². The first-order chi connectivity index (χ1) is 12.8. The first-order valence-electron chi connectivity index (χ1n) is 8.85. The average Bonchev–Trinajstić information content (AvgIpc) is 2.66. The van der Waals surface area contributed by atoms with Crippen molar-refractivity contribution in [3.8, 4) is 0 Å². The summed E-state index contributed by atoms with van der Waals surface area (Å²) in [5.41, 5.74) is 1.19. The van der Waals surface area contributed by atoms with E-state index in [2.05, 4.69) is 6.58 Å². The fourth-order valence-electron chi connectivity index (χ4n) is 2.90. The van der Waals surface area contributed by atoms with Gasteiger partial charge in [-0.05, 0) is 31.9 Å². The number of carboxylic acid groups (broad SMARTS) is 1. The monoisotopic (exact) mass is 372 g/mol. The number of carboxylic acids is 1. The third-order valence-electron chi connectivity index (χ3n) is 4.78. The molecule has 0 amide bonds. The van der Waals surface area contributed by atoms with Gasteiger partial charge in [-0.1, -0.05) is 30.9 Å². The molecular weight excluding hydrogens is 344 g/mol. The van der Waals surface area contributed by atoms with Crippen LogP contribution in [0, 0.1) is 5.92 Å². The number of hydrogen-bond acceptors (Lipinski definition) is 4. The molecular formula is C21H28N2O4. The maximum atomic E-state index is 11.2. The van der Waals surface area contributed by atoms with Gasteiger partial charge in [0.1, 0.15) is 18.1 Å². The highest BCUT2D eigenvalue weighted by Gasteiger charge is 2.25. The number of carbonyl (C=O) groups is 1. The van der Waals surface area contributed by atoms with Crippen molar-refractivity contribution in [3.63, 3.8) is 0 Å². The molecule has 2 rings (SSSR count). The average molecular weight is 372 g/mol. The van der Waals surface area contributed by atoms with Crippen LogP contribution in [0.3, 0.4) is 0 Å². The van der Waals surface area contributed by atoms with Gasteiger partial charge in [-0.15, -0.1) is 0 Å². The second-order valence-corrected chi connectivity index (χ2v) is 6.90. The van der Waals surface area contributed by atoms with Crippen LogP contribution in [0.2, 0.25) is 0 Å². The third kappa shape index (κ3) is 5.44. The highest BCUT2D eigenvalue weighted by Crippen LogP contribution is 2.27. The van der Waals surface area contributed by atoms with Crippen LogP contribution in [0.1, 0.15) is 19.8 Å². The molecule has 0 fully saturated rings. The van der Waals surface area contributed by atoms with Crippen molar-refractivity contribution >= 4 is 11.8 Å². The van der Waals surface area contributed by atoms with E-state index in [4.69, 9.17) is 14.5 Å². The minimum Gasteiger partial charge on any atom is -0.497 e. The lowest BCUT2D eigenvalue weighted by molar-refractivity contribution is -0.137. The van der Waals surface area contributed by atoms with Crippen molar-refractivity contribution in [2.24, 2.45) is 10.9 Å². The maximum absolute atomic E-state index is 11.2. The number of allylic oxidation sites excluding steroid dienone is 3. The summed E-state index contributed by atoms with van der Waals surface area (Å²) in [4.78, 5) is 17.5. The van der Waals surface area contributed by atoms with E-state index in [0.29, 0.717) is 18.0 Å². The zero-order chi connectivity index (χ0) is 20.0. The van der Waals surface area contributed by atoms with E-state index < -0.39 is 5.97 Å². The molecule has 27 heavy (non-hydrogen) atoms. The Hall–Kier alpha value is -2.60. The van der Waals surface area contributed by atoms with Crippen molar-refractivity contribution < 1.29 is 19.4 Å². The summed E-state index contributed by atoms with van der Waals surface area (Å²) in [6.45, 7) is 5.97. The van der Waals surface area contributed by atoms with E-state index in [-0.39, 0.29) is 18.1 Å². The van der Waals surface area contributed by atoms with Gasteiger partial charge in [0, 0.05) is 31.3 Å². The topological polar surface area (TPSA) is 71.4 Å². The SMILES string of the molecule is C=C(N=C(C1=CCC(C)(OC)C=C1)N(C)CC(=O)O)C1C=CC(OC)=CC1. The van der Waals surface area contributed by atoms with Gasteiger partial charge in [0.15, 0.2) is 0 Å². The van der Waals surface area contributed by atoms with Crippen molar-refractivity contribution in [2.75, 3.05) is 27.8 Å². The molecule has 0 aromatic carbocycles. The van der Waals surface area contributed by atoms with Crippen LogP contribution in [0.25, 0.3) is 0 Å². The van der Waals surface area contributed by atoms with Crippen molar-refractivity contribution in [3.05, 3.63) is 60.1 Å². The number of aliphatic imine (C=N–C) groups is 1. The molecule has 6 heteroatoms. The van der Waals surface area contributed by atoms with Gasteiger partial charge in [0.2, 0.25) is 0 Å². The molecule has 0 aromatic heterocycles. The standard InChI is InChI=1S/C21H28N2O4/c1-15(16-6-8-18(26-4)9-7-16)22-20(23(3)14-19(24)25)17-10-12-21(2,27-5)13-11-17/h6,8-12,16H,1,7,13-14H2,2-5H3,(H,24,25). The van der Waals surface area contributed by atoms with E-state index in [1.54, 1.807) is 26.2 Å². The highest BCUT2D eigenvalue weighted by atomic mass is 16.5. The first-order valence-corrected chi connectivity index (χ1v) is 8.85. The second kappa shape index (κ2) is 8.86. The Morgan fingerprint density at radius 3 is 2.63 bits per heavy atom. The smallest absolute Gasteiger partial charge is 0.323 e. The summed E-state index contributed by atoms with van der Waals surface area (Å²) in [5.74, 6) is 0.549. The van der Waals surface area contributed by atoms with Crippen LogP contribution in [0.5, 0.6) is 0 Å². The molecule has 0 saturated carbocycles. The molecule has 2 aliphatic carbocycles. The zero-order valence-electron chi connectivity index (χ0n) is 16.4. The molecule has 2 unspecified atom stereocenters. The molecule has 2 aliphatic rings. The molecule has 6 nitrogen and oxygen atoms in total. The van der Waals surface area contributed by atoms with Crippen LogP contribution >= 0.6 is 0 Å². The molecule has 0 spiro atoms. The number of hydrogen-bond donors (Lipinski definition) is 1. The fraction of sp³-hybridized carbons (Fsp3) is 0.429. The molecule has 0 saturated heterocycles. The minimum atomic E-state index is -0.914. The predicted molar refractivity (Wildman–Crippen MR) is 106 cm³/mol. The van der Waals surface area contributed by atoms with Gasteiger partial charge in [0.05, 0.1) is 12.7 Å². The molecule has 1 N–H and O–H groups in total. The summed E-state index contributed by atoms with van der Waals surface area (Å²) < 4.78 is 10.7.